The van der Waals surface area contributed by atoms with Crippen molar-refractivity contribution in [2.24, 2.45) is 0 Å². The van der Waals surface area contributed by atoms with Crippen molar-refractivity contribution in [3.63, 3.8) is 0 Å². The van der Waals surface area contributed by atoms with E-state index in [0.29, 0.717) is 0 Å². The first-order valence-electron chi connectivity index (χ1n) is 25.7. The summed E-state index contributed by atoms with van der Waals surface area (Å²) in [6.45, 7) is 0. The fourth-order valence-corrected chi connectivity index (χ4v) is 11.8. The zero-order valence-corrected chi connectivity index (χ0v) is 40.9. The normalized spacial score (nSPS) is 11.7. The van der Waals surface area contributed by atoms with Crippen molar-refractivity contribution < 1.29 is 4.42 Å². The molecule has 0 aliphatic rings. The highest BCUT2D eigenvalue weighted by molar-refractivity contribution is 6.26. The van der Waals surface area contributed by atoms with E-state index in [1.807, 2.05) is 12.1 Å². The molecule has 350 valence electrons. The van der Waals surface area contributed by atoms with Crippen molar-refractivity contribution in [3.8, 4) is 50.2 Å². The van der Waals surface area contributed by atoms with E-state index in [-0.39, 0.29) is 0 Å². The average Bonchev–Trinajstić information content (AvgIpc) is 4.04. The molecule has 13 aromatic carbocycles. The van der Waals surface area contributed by atoms with Gasteiger partial charge in [0.1, 0.15) is 11.2 Å². The van der Waals surface area contributed by atoms with Crippen molar-refractivity contribution in [2.75, 3.05) is 4.90 Å². The Hall–Kier alpha value is -9.96. The summed E-state index contributed by atoms with van der Waals surface area (Å²) in [4.78, 5) is 2.39. The lowest BCUT2D eigenvalue weighted by Gasteiger charge is -2.27. The first kappa shape index (κ1) is 42.7. The second-order valence-corrected chi connectivity index (χ2v) is 19.6. The summed E-state index contributed by atoms with van der Waals surface area (Å²) in [5.41, 5.74) is 17.9. The maximum absolute atomic E-state index is 6.40. The third-order valence-electron chi connectivity index (χ3n) is 15.4. The number of para-hydroxylation sites is 5. The van der Waals surface area contributed by atoms with Crippen LogP contribution in [0.25, 0.3) is 126 Å². The van der Waals surface area contributed by atoms with E-state index in [2.05, 4.69) is 276 Å². The minimum atomic E-state index is 0.909. The highest BCUT2D eigenvalue weighted by Crippen LogP contribution is 2.43. The van der Waals surface area contributed by atoms with Gasteiger partial charge in [0, 0.05) is 49.7 Å². The number of aromatic nitrogens is 1. The number of benzene rings is 13. The molecule has 0 saturated carbocycles. The SMILES string of the molecule is c1ccc(-n2c3ccccc3c3ccccc32)c(-c2ccc(-c3ccc(N(c4ccc(-c5ccc(-c6cccc7c6oc6ccccc67)cc5)cc4)c4ccc5c6ccccc6c6ccccc6c5c4)cc3)cc2)c1. The second-order valence-electron chi connectivity index (χ2n) is 19.6. The molecule has 0 aliphatic heterocycles. The van der Waals surface area contributed by atoms with E-state index in [1.54, 1.807) is 0 Å². The first-order chi connectivity index (χ1) is 37.2. The number of hydrogen-bond acceptors (Lipinski definition) is 2. The molecule has 0 aliphatic carbocycles. The van der Waals surface area contributed by atoms with Crippen LogP contribution >= 0.6 is 0 Å². The van der Waals surface area contributed by atoms with Crippen molar-refractivity contribution in [1.29, 1.82) is 0 Å². The van der Waals surface area contributed by atoms with Crippen molar-refractivity contribution >= 4 is 93.1 Å². The Morgan fingerprint density at radius 1 is 0.253 bits per heavy atom. The van der Waals surface area contributed by atoms with Gasteiger partial charge in [0.15, 0.2) is 0 Å². The van der Waals surface area contributed by atoms with Crippen molar-refractivity contribution in [1.82, 2.24) is 4.57 Å². The van der Waals surface area contributed by atoms with Crippen LogP contribution in [-0.2, 0) is 0 Å². The molecule has 2 heterocycles. The number of nitrogens with zero attached hydrogens (tertiary/aromatic N) is 2. The summed E-state index contributed by atoms with van der Waals surface area (Å²) >= 11 is 0. The van der Waals surface area contributed by atoms with Gasteiger partial charge in [-0.05, 0) is 126 Å². The van der Waals surface area contributed by atoms with E-state index in [0.717, 1.165) is 66.8 Å². The minimum absolute atomic E-state index is 0.909. The van der Waals surface area contributed by atoms with Gasteiger partial charge < -0.3 is 13.9 Å². The molecule has 0 amide bonds. The third-order valence-corrected chi connectivity index (χ3v) is 15.4. The van der Waals surface area contributed by atoms with Gasteiger partial charge in [-0.25, -0.2) is 0 Å². The van der Waals surface area contributed by atoms with Crippen LogP contribution < -0.4 is 4.90 Å². The van der Waals surface area contributed by atoms with Crippen molar-refractivity contribution in [2.45, 2.75) is 0 Å². The quantitative estimate of drug-likeness (QED) is 0.142. The van der Waals surface area contributed by atoms with Crippen LogP contribution in [0.5, 0.6) is 0 Å². The molecule has 0 atom stereocenters. The Bertz CT molecular complexity index is 4590. The summed E-state index contributed by atoms with van der Waals surface area (Å²) in [6, 6.07) is 101. The van der Waals surface area contributed by atoms with Gasteiger partial charge in [-0.3, -0.25) is 0 Å². The molecule has 0 spiro atoms. The minimum Gasteiger partial charge on any atom is -0.455 e. The van der Waals surface area contributed by atoms with Crippen LogP contribution in [0.3, 0.4) is 0 Å². The van der Waals surface area contributed by atoms with Gasteiger partial charge >= 0.3 is 0 Å². The molecule has 3 nitrogen and oxygen atoms in total. The van der Waals surface area contributed by atoms with Crippen LogP contribution in [-0.4, -0.2) is 4.57 Å². The Balaban J connectivity index is 0.788. The first-order valence-corrected chi connectivity index (χ1v) is 25.7. The molecule has 0 bridgehead atoms. The van der Waals surface area contributed by atoms with Gasteiger partial charge in [0.25, 0.3) is 0 Å². The molecule has 0 unspecified atom stereocenters. The van der Waals surface area contributed by atoms with Gasteiger partial charge in [0.05, 0.1) is 16.7 Å². The van der Waals surface area contributed by atoms with Crippen LogP contribution in [0.2, 0.25) is 0 Å². The van der Waals surface area contributed by atoms with Gasteiger partial charge in [0.2, 0.25) is 0 Å². The van der Waals surface area contributed by atoms with E-state index in [1.165, 1.54) is 76.5 Å². The molecule has 0 saturated heterocycles. The third kappa shape index (κ3) is 7.05. The number of furan rings is 1. The van der Waals surface area contributed by atoms with Crippen LogP contribution in [0.1, 0.15) is 0 Å². The lowest BCUT2D eigenvalue weighted by Crippen LogP contribution is -2.10. The molecule has 2 aromatic heterocycles. The fraction of sp³-hybridized carbons (Fsp3) is 0. The summed E-state index contributed by atoms with van der Waals surface area (Å²) < 4.78 is 8.81. The van der Waals surface area contributed by atoms with E-state index in [4.69, 9.17) is 4.42 Å². The van der Waals surface area contributed by atoms with Crippen LogP contribution in [0.4, 0.5) is 17.1 Å². The number of hydrogen-bond donors (Lipinski definition) is 0. The van der Waals surface area contributed by atoms with Crippen LogP contribution in [0.15, 0.2) is 283 Å². The lowest BCUT2D eigenvalue weighted by atomic mass is 9.94. The Kier molecular flexibility index (Phi) is 9.89. The molecular formula is C72H46N2O. The van der Waals surface area contributed by atoms with Gasteiger partial charge in [-0.1, -0.05) is 218 Å². The number of anilines is 3. The lowest BCUT2D eigenvalue weighted by molar-refractivity contribution is 0.670. The molecule has 0 radical (unpaired) electrons. The maximum Gasteiger partial charge on any atom is 0.143 e. The van der Waals surface area contributed by atoms with Gasteiger partial charge in [-0.2, -0.15) is 0 Å². The highest BCUT2D eigenvalue weighted by Gasteiger charge is 2.19. The van der Waals surface area contributed by atoms with E-state index < -0.39 is 0 Å². The van der Waals surface area contributed by atoms with E-state index in [9.17, 15) is 0 Å². The predicted octanol–water partition coefficient (Wildman–Crippen LogP) is 20.3. The average molecular weight is 955 g/mol. The maximum atomic E-state index is 6.40. The largest absolute Gasteiger partial charge is 0.455 e. The molecule has 75 heavy (non-hydrogen) atoms. The summed E-state index contributed by atoms with van der Waals surface area (Å²) in [7, 11) is 0. The van der Waals surface area contributed by atoms with Crippen molar-refractivity contribution in [3.05, 3.63) is 279 Å². The standard InChI is InChI=1S/C72H46N2O/c1-2-17-60-58(15-1)59-16-3-4-18-61(59)67-46-55(44-45-62(60)67)73(54-42-38-50(39-43-54)48-30-34-52(35-31-48)57-22-13-23-66-65-21-8-12-27-71(65)75-72(57)66)53-40-36-49(37-41-53)47-28-32-51(33-29-47)56-14-5-9-24-68(56)74-69-25-10-6-19-63(69)64-20-7-11-26-70(64)74/h1-46H. The number of fused-ring (bicyclic) bond motifs is 12. The monoisotopic (exact) mass is 954 g/mol. The number of rotatable bonds is 8. The Labute approximate surface area is 434 Å². The summed E-state index contributed by atoms with van der Waals surface area (Å²) in [5.74, 6) is 0. The topological polar surface area (TPSA) is 21.3 Å². The molecule has 0 N–H and O–H groups in total. The second kappa shape index (κ2) is 17.4. The zero-order valence-electron chi connectivity index (χ0n) is 40.9. The fourth-order valence-electron chi connectivity index (χ4n) is 11.8. The molecular weight excluding hydrogens is 909 g/mol. The van der Waals surface area contributed by atoms with E-state index >= 15 is 0 Å². The van der Waals surface area contributed by atoms with Gasteiger partial charge in [-0.15, -0.1) is 0 Å². The predicted molar refractivity (Wildman–Crippen MR) is 317 cm³/mol. The zero-order chi connectivity index (χ0) is 49.4. The highest BCUT2D eigenvalue weighted by atomic mass is 16.3. The molecule has 15 rings (SSSR count). The molecule has 3 heteroatoms. The Morgan fingerprint density at radius 3 is 1.21 bits per heavy atom. The summed E-state index contributed by atoms with van der Waals surface area (Å²) in [5, 5.41) is 12.3. The van der Waals surface area contributed by atoms with Crippen LogP contribution in [0, 0.1) is 0 Å². The molecule has 0 fully saturated rings. The smallest absolute Gasteiger partial charge is 0.143 e. The molecule has 15 aromatic rings. The Morgan fingerprint density at radius 2 is 0.640 bits per heavy atom. The summed E-state index contributed by atoms with van der Waals surface area (Å²) in [6.07, 6.45) is 0.